The van der Waals surface area contributed by atoms with E-state index in [2.05, 4.69) is 5.32 Å². The van der Waals surface area contributed by atoms with Crippen LogP contribution in [0.5, 0.6) is 0 Å². The predicted octanol–water partition coefficient (Wildman–Crippen LogP) is 2.11. The van der Waals surface area contributed by atoms with Crippen molar-refractivity contribution in [3.05, 3.63) is 0 Å². The fourth-order valence-corrected chi connectivity index (χ4v) is 2.09. The van der Waals surface area contributed by atoms with E-state index in [0.29, 0.717) is 12.6 Å². The number of ether oxygens (including phenoxy) is 1. The molecule has 0 aromatic rings. The van der Waals surface area contributed by atoms with Crippen LogP contribution in [0.15, 0.2) is 0 Å². The van der Waals surface area contributed by atoms with Gasteiger partial charge in [-0.2, -0.15) is 0 Å². The van der Waals surface area contributed by atoms with Gasteiger partial charge in [0.15, 0.2) is 0 Å². The van der Waals surface area contributed by atoms with Gasteiger partial charge in [-0.25, -0.2) is 0 Å². The Morgan fingerprint density at radius 1 is 1.40 bits per heavy atom. The molecule has 1 fully saturated rings. The molecule has 0 aliphatic heterocycles. The topological polar surface area (TPSA) is 38.3 Å². The summed E-state index contributed by atoms with van der Waals surface area (Å²) >= 11 is 0. The van der Waals surface area contributed by atoms with Gasteiger partial charge < -0.3 is 10.1 Å². The fraction of sp³-hybridized carbons (Fsp3) is 0.917. The Labute approximate surface area is 92.6 Å². The average Bonchev–Trinajstić information content (AvgIpc) is 2.72. The van der Waals surface area contributed by atoms with E-state index in [1.54, 1.807) is 0 Å². The second-order valence-electron chi connectivity index (χ2n) is 4.25. The van der Waals surface area contributed by atoms with E-state index in [9.17, 15) is 4.79 Å². The van der Waals surface area contributed by atoms with Crippen LogP contribution in [0.25, 0.3) is 0 Å². The van der Waals surface area contributed by atoms with Gasteiger partial charge in [0.1, 0.15) is 0 Å². The van der Waals surface area contributed by atoms with Gasteiger partial charge in [-0.3, -0.25) is 4.79 Å². The van der Waals surface area contributed by atoms with Crippen LogP contribution in [0.2, 0.25) is 0 Å². The summed E-state index contributed by atoms with van der Waals surface area (Å²) in [7, 11) is 0. The third-order valence-corrected chi connectivity index (χ3v) is 3.12. The Bertz CT molecular complexity index is 188. The predicted molar refractivity (Wildman–Crippen MR) is 60.7 cm³/mol. The van der Waals surface area contributed by atoms with Gasteiger partial charge in [0.25, 0.3) is 0 Å². The van der Waals surface area contributed by atoms with Gasteiger partial charge >= 0.3 is 5.97 Å². The molecule has 0 radical (unpaired) electrons. The minimum Gasteiger partial charge on any atom is -0.466 e. The van der Waals surface area contributed by atoms with Gasteiger partial charge in [0.2, 0.25) is 0 Å². The molecule has 0 heterocycles. The van der Waals surface area contributed by atoms with E-state index >= 15 is 0 Å². The Kier molecular flexibility index (Phi) is 5.69. The highest BCUT2D eigenvalue weighted by Crippen LogP contribution is 2.18. The molecule has 0 bridgehead atoms. The van der Waals surface area contributed by atoms with E-state index in [0.717, 1.165) is 13.0 Å². The number of hydrogen-bond acceptors (Lipinski definition) is 3. The molecule has 3 nitrogen and oxygen atoms in total. The number of rotatable bonds is 6. The summed E-state index contributed by atoms with van der Waals surface area (Å²) in [5.74, 6) is -0.0175. The summed E-state index contributed by atoms with van der Waals surface area (Å²) in [6.07, 6.45) is 6.04. The van der Waals surface area contributed by atoms with Crippen LogP contribution in [0.3, 0.4) is 0 Å². The van der Waals surface area contributed by atoms with E-state index in [4.69, 9.17) is 4.74 Å². The molecule has 3 heteroatoms. The number of esters is 1. The highest BCUT2D eigenvalue weighted by molar-refractivity contribution is 5.72. The van der Waals surface area contributed by atoms with Crippen LogP contribution >= 0.6 is 0 Å². The summed E-state index contributed by atoms with van der Waals surface area (Å²) in [6, 6.07) is 0.633. The second kappa shape index (κ2) is 6.83. The molecule has 1 rings (SSSR count). The Morgan fingerprint density at radius 3 is 2.60 bits per heavy atom. The van der Waals surface area contributed by atoms with Crippen molar-refractivity contribution in [1.82, 2.24) is 5.32 Å². The van der Waals surface area contributed by atoms with Gasteiger partial charge in [-0.15, -0.1) is 0 Å². The summed E-state index contributed by atoms with van der Waals surface area (Å²) in [6.45, 7) is 5.16. The van der Waals surface area contributed by atoms with Crippen LogP contribution in [-0.2, 0) is 9.53 Å². The number of hydrogen-bond donors (Lipinski definition) is 1. The summed E-state index contributed by atoms with van der Waals surface area (Å²) in [5, 5.41) is 3.47. The smallest absolute Gasteiger partial charge is 0.310 e. The molecule has 1 N–H and O–H groups in total. The molecular formula is C12H23NO2. The van der Waals surface area contributed by atoms with Crippen molar-refractivity contribution in [3.63, 3.8) is 0 Å². The van der Waals surface area contributed by atoms with Crippen molar-refractivity contribution in [2.75, 3.05) is 13.2 Å². The van der Waals surface area contributed by atoms with Gasteiger partial charge in [-0.1, -0.05) is 19.8 Å². The van der Waals surface area contributed by atoms with Crippen molar-refractivity contribution in [3.8, 4) is 0 Å². The number of carbonyl (C=O) groups excluding carboxylic acids is 1. The largest absolute Gasteiger partial charge is 0.466 e. The highest BCUT2D eigenvalue weighted by atomic mass is 16.5. The maximum atomic E-state index is 11.5. The van der Waals surface area contributed by atoms with Crippen molar-refractivity contribution < 1.29 is 9.53 Å². The van der Waals surface area contributed by atoms with Crippen molar-refractivity contribution in [2.24, 2.45) is 5.92 Å². The molecule has 0 spiro atoms. The maximum Gasteiger partial charge on any atom is 0.310 e. The molecule has 0 aromatic carbocycles. The second-order valence-corrected chi connectivity index (χ2v) is 4.25. The first kappa shape index (κ1) is 12.5. The Hall–Kier alpha value is -0.570. The molecule has 0 amide bonds. The fourth-order valence-electron chi connectivity index (χ4n) is 2.09. The number of carbonyl (C=O) groups is 1. The van der Waals surface area contributed by atoms with Crippen LogP contribution in [0.4, 0.5) is 0 Å². The molecule has 0 saturated heterocycles. The summed E-state index contributed by atoms with van der Waals surface area (Å²) < 4.78 is 5.03. The quantitative estimate of drug-likeness (QED) is 0.687. The third-order valence-electron chi connectivity index (χ3n) is 3.12. The first-order chi connectivity index (χ1) is 7.27. The first-order valence-electron chi connectivity index (χ1n) is 6.18. The maximum absolute atomic E-state index is 11.5. The molecule has 1 aliphatic rings. The summed E-state index contributed by atoms with van der Waals surface area (Å²) in [4.78, 5) is 11.5. The van der Waals surface area contributed by atoms with Crippen molar-refractivity contribution >= 4 is 5.97 Å². The monoisotopic (exact) mass is 213 g/mol. The molecule has 1 unspecified atom stereocenters. The van der Waals surface area contributed by atoms with E-state index in [1.165, 1.54) is 25.7 Å². The number of nitrogens with one attached hydrogen (secondary N) is 1. The lowest BCUT2D eigenvalue weighted by Gasteiger charge is -2.17. The lowest BCUT2D eigenvalue weighted by Crippen LogP contribution is -2.35. The molecule has 15 heavy (non-hydrogen) atoms. The molecule has 88 valence electrons. The molecule has 1 aliphatic carbocycles. The normalized spacial score (nSPS) is 19.1. The summed E-state index contributed by atoms with van der Waals surface area (Å²) in [5.41, 5.74) is 0. The van der Waals surface area contributed by atoms with Crippen LogP contribution in [0, 0.1) is 5.92 Å². The lowest BCUT2D eigenvalue weighted by atomic mass is 10.1. The van der Waals surface area contributed by atoms with Crippen molar-refractivity contribution in [2.45, 2.75) is 52.0 Å². The average molecular weight is 213 g/mol. The van der Waals surface area contributed by atoms with Gasteiger partial charge in [0, 0.05) is 12.6 Å². The zero-order valence-corrected chi connectivity index (χ0v) is 9.92. The van der Waals surface area contributed by atoms with Crippen LogP contribution in [0.1, 0.15) is 46.0 Å². The van der Waals surface area contributed by atoms with E-state index < -0.39 is 0 Å². The van der Waals surface area contributed by atoms with Crippen molar-refractivity contribution in [1.29, 1.82) is 0 Å². The zero-order valence-electron chi connectivity index (χ0n) is 9.92. The van der Waals surface area contributed by atoms with Gasteiger partial charge in [-0.05, 0) is 26.2 Å². The first-order valence-corrected chi connectivity index (χ1v) is 6.18. The molecule has 1 saturated carbocycles. The SMILES string of the molecule is CCOC(=O)C(CC)CNC1CCCC1. The highest BCUT2D eigenvalue weighted by Gasteiger charge is 2.20. The van der Waals surface area contributed by atoms with E-state index in [1.807, 2.05) is 13.8 Å². The van der Waals surface area contributed by atoms with E-state index in [-0.39, 0.29) is 11.9 Å². The minimum absolute atomic E-state index is 0.0329. The Balaban J connectivity index is 2.23. The Morgan fingerprint density at radius 2 is 2.07 bits per heavy atom. The lowest BCUT2D eigenvalue weighted by molar-refractivity contribution is -0.148. The molecule has 1 atom stereocenters. The van der Waals surface area contributed by atoms with Gasteiger partial charge in [0.05, 0.1) is 12.5 Å². The van der Waals surface area contributed by atoms with Crippen LogP contribution < -0.4 is 5.32 Å². The zero-order chi connectivity index (χ0) is 11.1. The molecule has 0 aromatic heterocycles. The third kappa shape index (κ3) is 4.20. The minimum atomic E-state index is -0.0505. The van der Waals surface area contributed by atoms with Crippen LogP contribution in [-0.4, -0.2) is 25.2 Å². The molecular weight excluding hydrogens is 190 g/mol. The standard InChI is InChI=1S/C12H23NO2/c1-3-10(12(14)15-4-2)9-13-11-7-5-6-8-11/h10-11,13H,3-9H2,1-2H3.